The van der Waals surface area contributed by atoms with Gasteiger partial charge in [-0.15, -0.1) is 0 Å². The third-order valence-corrected chi connectivity index (χ3v) is 5.07. The van der Waals surface area contributed by atoms with Crippen LogP contribution >= 0.6 is 11.6 Å². The first-order valence-corrected chi connectivity index (χ1v) is 10.2. The Morgan fingerprint density at radius 2 is 1.94 bits per heavy atom. The highest BCUT2D eigenvalue weighted by Gasteiger charge is 2.27. The Labute approximate surface area is 196 Å². The van der Waals surface area contributed by atoms with E-state index in [9.17, 15) is 18.0 Å². The predicted molar refractivity (Wildman–Crippen MR) is 126 cm³/mol. The zero-order chi connectivity index (χ0) is 24.5. The van der Waals surface area contributed by atoms with Crippen LogP contribution in [0, 0.1) is 0 Å². The minimum Gasteiger partial charge on any atom is -0.383 e. The lowest BCUT2D eigenvalue weighted by Crippen LogP contribution is -2.23. The van der Waals surface area contributed by atoms with Gasteiger partial charge in [0.1, 0.15) is 12.4 Å². The van der Waals surface area contributed by atoms with Gasteiger partial charge < -0.3 is 11.1 Å². The molecule has 0 bridgehead atoms. The number of rotatable bonds is 5. The summed E-state index contributed by atoms with van der Waals surface area (Å²) in [6, 6.07) is 8.11. The van der Waals surface area contributed by atoms with Crippen LogP contribution in [0.3, 0.4) is 0 Å². The van der Waals surface area contributed by atoms with Gasteiger partial charge in [0.05, 0.1) is 23.0 Å². The van der Waals surface area contributed by atoms with Crippen molar-refractivity contribution < 1.29 is 13.2 Å². The number of aromatic nitrogens is 4. The molecule has 1 aromatic carbocycles. The number of nitrogens with zero attached hydrogens (tertiary/aromatic N) is 5. The molecule has 0 saturated heterocycles. The lowest BCUT2D eigenvalue weighted by molar-refractivity contribution is -0.115. The highest BCUT2D eigenvalue weighted by molar-refractivity contribution is 6.30. The number of hydrogen-bond donors (Lipinski definition) is 2. The number of nitrogens with two attached hydrogens (primary N) is 1. The molecule has 0 saturated carbocycles. The fraction of sp³-hybridized carbons (Fsp3) is 0.136. The summed E-state index contributed by atoms with van der Waals surface area (Å²) >= 11 is 6.00. The molecule has 0 aliphatic heterocycles. The molecule has 4 rings (SSSR count). The van der Waals surface area contributed by atoms with Crippen molar-refractivity contribution in [1.29, 1.82) is 0 Å². The maximum atomic E-state index is 13.6. The van der Waals surface area contributed by atoms with E-state index in [1.54, 1.807) is 37.4 Å². The van der Waals surface area contributed by atoms with Crippen LogP contribution in [0.4, 0.5) is 24.9 Å². The number of halogens is 4. The summed E-state index contributed by atoms with van der Waals surface area (Å²) < 4.78 is 39.3. The van der Waals surface area contributed by atoms with E-state index in [0.29, 0.717) is 27.2 Å². The van der Waals surface area contributed by atoms with Gasteiger partial charge >= 0.3 is 6.18 Å². The van der Waals surface area contributed by atoms with Crippen LogP contribution in [0.1, 0.15) is 5.56 Å². The molecule has 0 aliphatic carbocycles. The first-order valence-electron chi connectivity index (χ1n) is 9.83. The Balaban J connectivity index is 1.96. The van der Waals surface area contributed by atoms with Crippen molar-refractivity contribution in [3.05, 3.63) is 69.9 Å². The number of nitrogens with one attached hydrogen (secondary N) is 1. The van der Waals surface area contributed by atoms with Crippen LogP contribution in [-0.4, -0.2) is 45.5 Å². The monoisotopic (exact) mass is 487 g/mol. The lowest BCUT2D eigenvalue weighted by atomic mass is 10.0. The van der Waals surface area contributed by atoms with Gasteiger partial charge in [-0.1, -0.05) is 23.7 Å². The molecule has 3 N–H and O–H groups in total. The minimum absolute atomic E-state index is 0.161. The molecular weight excluding hydrogens is 471 g/mol. The molecule has 0 atom stereocenters. The molecule has 4 aromatic rings. The molecule has 0 fully saturated rings. The number of pyridine rings is 2. The molecular formula is C22H17ClF3N7O. The van der Waals surface area contributed by atoms with Crippen molar-refractivity contribution in [2.75, 3.05) is 24.6 Å². The van der Waals surface area contributed by atoms with Gasteiger partial charge in [0, 0.05) is 41.6 Å². The SMILES string of the molecule is CN=Cc1cc(-n2cc3cnc(NCC(F)(F)F)nc3c(-c3ccc(Cl)cc3)c2=O)cnc1N. The Morgan fingerprint density at radius 3 is 2.62 bits per heavy atom. The number of alkyl halides is 3. The van der Waals surface area contributed by atoms with E-state index >= 15 is 0 Å². The molecule has 0 spiro atoms. The number of anilines is 2. The number of fused-ring (bicyclic) bond motifs is 1. The third-order valence-electron chi connectivity index (χ3n) is 4.82. The van der Waals surface area contributed by atoms with Gasteiger partial charge in [-0.05, 0) is 23.8 Å². The topological polar surface area (TPSA) is 111 Å². The van der Waals surface area contributed by atoms with Crippen molar-refractivity contribution in [3.8, 4) is 16.8 Å². The Bertz CT molecular complexity index is 1450. The van der Waals surface area contributed by atoms with Crippen LogP contribution in [0.5, 0.6) is 0 Å². The summed E-state index contributed by atoms with van der Waals surface area (Å²) in [4.78, 5) is 29.9. The Kier molecular flexibility index (Phi) is 6.20. The summed E-state index contributed by atoms with van der Waals surface area (Å²) in [6.07, 6.45) is 1.32. The van der Waals surface area contributed by atoms with Crippen molar-refractivity contribution in [3.63, 3.8) is 0 Å². The molecule has 12 heteroatoms. The largest absolute Gasteiger partial charge is 0.405 e. The number of hydrogen-bond acceptors (Lipinski definition) is 7. The van der Waals surface area contributed by atoms with Crippen molar-refractivity contribution in [2.24, 2.45) is 4.99 Å². The number of aliphatic imine (C=N–C) groups is 1. The van der Waals surface area contributed by atoms with Gasteiger partial charge in [0.25, 0.3) is 5.56 Å². The fourth-order valence-corrected chi connectivity index (χ4v) is 3.42. The second-order valence-electron chi connectivity index (χ2n) is 7.21. The molecule has 8 nitrogen and oxygen atoms in total. The summed E-state index contributed by atoms with van der Waals surface area (Å²) in [5, 5.41) is 3.02. The highest BCUT2D eigenvalue weighted by Crippen LogP contribution is 2.27. The van der Waals surface area contributed by atoms with Crippen molar-refractivity contribution in [2.45, 2.75) is 6.18 Å². The predicted octanol–water partition coefficient (Wildman–Crippen LogP) is 4.10. The second kappa shape index (κ2) is 9.10. The molecule has 0 amide bonds. The quantitative estimate of drug-likeness (QED) is 0.410. The minimum atomic E-state index is -4.46. The van der Waals surface area contributed by atoms with Gasteiger partial charge in [0.15, 0.2) is 0 Å². The van der Waals surface area contributed by atoms with E-state index in [2.05, 4.69) is 25.3 Å². The fourth-order valence-electron chi connectivity index (χ4n) is 3.29. The third kappa shape index (κ3) is 4.84. The Hall–Kier alpha value is -3.99. The van der Waals surface area contributed by atoms with E-state index < -0.39 is 18.3 Å². The summed E-state index contributed by atoms with van der Waals surface area (Å²) in [5.74, 6) is -0.0161. The van der Waals surface area contributed by atoms with E-state index in [1.165, 1.54) is 29.4 Å². The van der Waals surface area contributed by atoms with Crippen LogP contribution < -0.4 is 16.6 Å². The summed E-state index contributed by atoms with van der Waals surface area (Å²) in [6.45, 7) is -1.31. The van der Waals surface area contributed by atoms with E-state index in [0.717, 1.165) is 0 Å². The molecule has 3 heterocycles. The molecule has 0 unspecified atom stereocenters. The van der Waals surface area contributed by atoms with E-state index in [1.807, 2.05) is 0 Å². The van der Waals surface area contributed by atoms with Crippen LogP contribution in [0.2, 0.25) is 5.02 Å². The van der Waals surface area contributed by atoms with Gasteiger partial charge in [-0.25, -0.2) is 15.0 Å². The van der Waals surface area contributed by atoms with Crippen molar-refractivity contribution >= 4 is 40.5 Å². The first-order chi connectivity index (χ1) is 16.2. The molecule has 0 radical (unpaired) electrons. The zero-order valence-corrected chi connectivity index (χ0v) is 18.4. The smallest absolute Gasteiger partial charge is 0.383 e. The average Bonchev–Trinajstić information content (AvgIpc) is 2.79. The first kappa shape index (κ1) is 23.2. The van der Waals surface area contributed by atoms with Crippen LogP contribution in [0.25, 0.3) is 27.7 Å². The molecule has 0 aliphatic rings. The molecule has 174 valence electrons. The standard InChI is InChI=1S/C22H17ClF3N7O/c1-28-7-13-6-16(9-29-19(13)27)33-10-14-8-30-21(31-11-22(24,25)26)32-18(14)17(20(33)34)12-2-4-15(23)5-3-12/h2-10H,11H2,1H3,(H2,27,29)(H,31,32). The van der Waals surface area contributed by atoms with Crippen LogP contribution in [-0.2, 0) is 0 Å². The number of benzene rings is 1. The molecule has 3 aromatic heterocycles. The van der Waals surface area contributed by atoms with Gasteiger partial charge in [-0.2, -0.15) is 13.2 Å². The highest BCUT2D eigenvalue weighted by atomic mass is 35.5. The normalized spacial score (nSPS) is 11.9. The maximum Gasteiger partial charge on any atom is 0.405 e. The average molecular weight is 488 g/mol. The summed E-state index contributed by atoms with van der Waals surface area (Å²) in [7, 11) is 1.58. The summed E-state index contributed by atoms with van der Waals surface area (Å²) in [5.41, 5.74) is 7.16. The second-order valence-corrected chi connectivity index (χ2v) is 7.64. The van der Waals surface area contributed by atoms with E-state index in [4.69, 9.17) is 17.3 Å². The lowest BCUT2D eigenvalue weighted by Gasteiger charge is -2.14. The maximum absolute atomic E-state index is 13.6. The van der Waals surface area contributed by atoms with Crippen LogP contribution in [0.15, 0.2) is 58.7 Å². The Morgan fingerprint density at radius 1 is 1.21 bits per heavy atom. The number of nitrogen functional groups attached to an aromatic ring is 1. The van der Waals surface area contributed by atoms with Crippen molar-refractivity contribution in [1.82, 2.24) is 19.5 Å². The zero-order valence-electron chi connectivity index (χ0n) is 17.6. The molecule has 34 heavy (non-hydrogen) atoms. The van der Waals surface area contributed by atoms with E-state index in [-0.39, 0.29) is 22.8 Å². The van der Waals surface area contributed by atoms with Gasteiger partial charge in [0.2, 0.25) is 5.95 Å². The van der Waals surface area contributed by atoms with Gasteiger partial charge in [-0.3, -0.25) is 14.4 Å².